The maximum Gasteiger partial charge on any atom is 0.419 e. The molecule has 3 N–H and O–H groups in total. The van der Waals surface area contributed by atoms with E-state index < -0.39 is 17.8 Å². The van der Waals surface area contributed by atoms with Gasteiger partial charge < -0.3 is 20.5 Å². The van der Waals surface area contributed by atoms with Crippen LogP contribution in [0.5, 0.6) is 11.5 Å². The number of carbonyl (C=O) groups excluding carboxylic acids is 1. The van der Waals surface area contributed by atoms with Crippen molar-refractivity contribution in [3.8, 4) is 11.5 Å². The molecule has 1 saturated heterocycles. The second-order valence-electron chi connectivity index (χ2n) is 6.17. The second kappa shape index (κ2) is 9.27. The van der Waals surface area contributed by atoms with Gasteiger partial charge in [0.25, 0.3) is 5.91 Å². The molecule has 2 atom stereocenters. The maximum absolute atomic E-state index is 13.0. The molecule has 1 aliphatic heterocycles. The fourth-order valence-corrected chi connectivity index (χ4v) is 2.82. The van der Waals surface area contributed by atoms with E-state index in [0.717, 1.165) is 12.5 Å². The van der Waals surface area contributed by atoms with Crippen LogP contribution in [0.2, 0.25) is 0 Å². The van der Waals surface area contributed by atoms with E-state index in [1.165, 1.54) is 30.3 Å². The van der Waals surface area contributed by atoms with Gasteiger partial charge in [-0.2, -0.15) is 13.2 Å². The van der Waals surface area contributed by atoms with E-state index in [9.17, 15) is 18.0 Å². The number of nitrogens with two attached hydrogens (primary N) is 1. The molecule has 1 aliphatic rings. The van der Waals surface area contributed by atoms with Crippen molar-refractivity contribution in [2.24, 2.45) is 5.73 Å². The Balaban J connectivity index is 0.00000280. The molecule has 3 rings (SSSR count). The zero-order valence-corrected chi connectivity index (χ0v) is 15.6. The van der Waals surface area contributed by atoms with Gasteiger partial charge in [0.05, 0.1) is 11.7 Å². The largest absolute Gasteiger partial charge is 0.457 e. The molecule has 9 heteroatoms. The summed E-state index contributed by atoms with van der Waals surface area (Å²) in [7, 11) is 0. The van der Waals surface area contributed by atoms with Crippen LogP contribution >= 0.6 is 12.4 Å². The van der Waals surface area contributed by atoms with Crippen molar-refractivity contribution in [3.63, 3.8) is 0 Å². The average molecular weight is 417 g/mol. The number of ether oxygens (including phenoxy) is 2. The summed E-state index contributed by atoms with van der Waals surface area (Å²) in [4.78, 5) is 12.2. The summed E-state index contributed by atoms with van der Waals surface area (Å²) >= 11 is 0. The number of alkyl halides is 3. The van der Waals surface area contributed by atoms with Crippen LogP contribution in [0.4, 0.5) is 18.9 Å². The molecule has 152 valence electrons. The zero-order chi connectivity index (χ0) is 19.4. The topological polar surface area (TPSA) is 73.6 Å². The molecule has 0 spiro atoms. The third-order valence-corrected chi connectivity index (χ3v) is 4.20. The Labute approximate surface area is 166 Å². The van der Waals surface area contributed by atoms with Gasteiger partial charge >= 0.3 is 6.18 Å². The van der Waals surface area contributed by atoms with Crippen molar-refractivity contribution in [3.05, 3.63) is 54.1 Å². The highest BCUT2D eigenvalue weighted by Crippen LogP contribution is 2.38. The Bertz CT molecular complexity index is 800. The quantitative estimate of drug-likeness (QED) is 0.759. The van der Waals surface area contributed by atoms with Crippen molar-refractivity contribution in [1.82, 2.24) is 0 Å². The van der Waals surface area contributed by atoms with Gasteiger partial charge in [-0.25, -0.2) is 0 Å². The normalized spacial score (nSPS) is 19.0. The van der Waals surface area contributed by atoms with Crippen LogP contribution in [-0.4, -0.2) is 24.7 Å². The minimum atomic E-state index is -4.51. The lowest BCUT2D eigenvalue weighted by Crippen LogP contribution is -2.29. The Kier molecular flexibility index (Phi) is 7.29. The number of hydrogen-bond donors (Lipinski definition) is 2. The summed E-state index contributed by atoms with van der Waals surface area (Å²) in [5, 5.41) is 2.71. The molecule has 0 radical (unpaired) electrons. The Morgan fingerprint density at radius 3 is 2.43 bits per heavy atom. The van der Waals surface area contributed by atoms with E-state index in [4.69, 9.17) is 15.2 Å². The van der Waals surface area contributed by atoms with E-state index in [2.05, 4.69) is 5.32 Å². The van der Waals surface area contributed by atoms with Crippen LogP contribution < -0.4 is 15.8 Å². The van der Waals surface area contributed by atoms with Crippen LogP contribution in [-0.2, 0) is 15.7 Å². The van der Waals surface area contributed by atoms with E-state index >= 15 is 0 Å². The molecule has 0 aliphatic carbocycles. The van der Waals surface area contributed by atoms with Crippen molar-refractivity contribution >= 4 is 24.0 Å². The summed E-state index contributed by atoms with van der Waals surface area (Å²) in [6, 6.07) is 11.1. The lowest BCUT2D eigenvalue weighted by Gasteiger charge is -2.14. The molecule has 5 nitrogen and oxygen atoms in total. The van der Waals surface area contributed by atoms with Gasteiger partial charge in [-0.05, 0) is 49.2 Å². The lowest BCUT2D eigenvalue weighted by atomic mass is 10.2. The van der Waals surface area contributed by atoms with Gasteiger partial charge in [-0.1, -0.05) is 12.1 Å². The fourth-order valence-electron chi connectivity index (χ4n) is 2.82. The molecule has 2 aromatic rings. The molecule has 0 saturated carbocycles. The van der Waals surface area contributed by atoms with Crippen LogP contribution in [0.3, 0.4) is 0 Å². The molecule has 0 aromatic heterocycles. The smallest absolute Gasteiger partial charge is 0.419 e. The molecule has 0 bridgehead atoms. The number of halogens is 4. The standard InChI is InChI=1S/C19H19F3N2O3.ClH/c20-19(21,22)15-3-1-2-4-16(15)26-13-7-5-12(6-8-13)24-18(25)17-10-9-14(11-23)27-17;/h1-8,14,17H,9-11,23H2,(H,24,25);1H/t14-,17+;/m1./s1. The molecule has 2 aromatic carbocycles. The number of amides is 1. The van der Waals surface area contributed by atoms with Gasteiger partial charge in [-0.3, -0.25) is 4.79 Å². The number of hydrogen-bond acceptors (Lipinski definition) is 4. The van der Waals surface area contributed by atoms with E-state index in [1.807, 2.05) is 0 Å². The van der Waals surface area contributed by atoms with Crippen molar-refractivity contribution < 1.29 is 27.4 Å². The number of para-hydroxylation sites is 1. The molecule has 28 heavy (non-hydrogen) atoms. The molecule has 1 heterocycles. The minimum absolute atomic E-state index is 0. The van der Waals surface area contributed by atoms with Crippen LogP contribution in [0.15, 0.2) is 48.5 Å². The summed E-state index contributed by atoms with van der Waals surface area (Å²) < 4.78 is 49.9. The van der Waals surface area contributed by atoms with Gasteiger partial charge in [0.1, 0.15) is 17.6 Å². The van der Waals surface area contributed by atoms with Crippen molar-refractivity contribution in [1.29, 1.82) is 0 Å². The van der Waals surface area contributed by atoms with Crippen molar-refractivity contribution in [2.45, 2.75) is 31.2 Å². The molecule has 0 unspecified atom stereocenters. The highest BCUT2D eigenvalue weighted by Gasteiger charge is 2.34. The number of rotatable bonds is 5. The monoisotopic (exact) mass is 416 g/mol. The second-order valence-corrected chi connectivity index (χ2v) is 6.17. The number of benzene rings is 2. The predicted octanol–water partition coefficient (Wildman–Crippen LogP) is 4.36. The summed E-state index contributed by atoms with van der Waals surface area (Å²) in [5.41, 5.74) is 5.17. The van der Waals surface area contributed by atoms with Crippen LogP contribution in [0.25, 0.3) is 0 Å². The summed E-state index contributed by atoms with van der Waals surface area (Å²) in [6.07, 6.45) is -3.82. The van der Waals surface area contributed by atoms with Gasteiger partial charge in [0, 0.05) is 12.2 Å². The Hall–Kier alpha value is -2.29. The summed E-state index contributed by atoms with van der Waals surface area (Å²) in [5.74, 6) is -0.332. The van der Waals surface area contributed by atoms with Gasteiger partial charge in [0.15, 0.2) is 0 Å². The highest BCUT2D eigenvalue weighted by molar-refractivity contribution is 5.94. The van der Waals surface area contributed by atoms with E-state index in [0.29, 0.717) is 18.7 Å². The molecular formula is C19H20ClF3N2O3. The Morgan fingerprint density at radius 1 is 1.14 bits per heavy atom. The molecule has 1 amide bonds. The number of anilines is 1. The first kappa shape index (κ1) is 22.0. The first-order valence-electron chi connectivity index (χ1n) is 8.47. The Morgan fingerprint density at radius 2 is 1.82 bits per heavy atom. The first-order chi connectivity index (χ1) is 12.9. The van der Waals surface area contributed by atoms with Crippen molar-refractivity contribution in [2.75, 3.05) is 11.9 Å². The predicted molar refractivity (Wildman–Crippen MR) is 101 cm³/mol. The van der Waals surface area contributed by atoms with Crippen LogP contribution in [0.1, 0.15) is 18.4 Å². The maximum atomic E-state index is 13.0. The molecular weight excluding hydrogens is 397 g/mol. The highest BCUT2D eigenvalue weighted by atomic mass is 35.5. The average Bonchev–Trinajstić information content (AvgIpc) is 3.12. The summed E-state index contributed by atoms with van der Waals surface area (Å²) in [6.45, 7) is 0.370. The fraction of sp³-hybridized carbons (Fsp3) is 0.316. The van der Waals surface area contributed by atoms with Gasteiger partial charge in [-0.15, -0.1) is 12.4 Å². The third-order valence-electron chi connectivity index (χ3n) is 4.20. The SMILES string of the molecule is Cl.NC[C@H]1CC[C@@H](C(=O)Nc2ccc(Oc3ccccc3C(F)(F)F)cc2)O1. The van der Waals surface area contributed by atoms with Gasteiger partial charge in [0.2, 0.25) is 0 Å². The first-order valence-corrected chi connectivity index (χ1v) is 8.47. The minimum Gasteiger partial charge on any atom is -0.457 e. The van der Waals surface area contributed by atoms with E-state index in [1.54, 1.807) is 12.1 Å². The van der Waals surface area contributed by atoms with Crippen LogP contribution in [0, 0.1) is 0 Å². The molecule has 1 fully saturated rings. The lowest BCUT2D eigenvalue weighted by molar-refractivity contribution is -0.138. The third kappa shape index (κ3) is 5.37. The van der Waals surface area contributed by atoms with E-state index in [-0.39, 0.29) is 35.9 Å². The number of carbonyl (C=O) groups is 1. The zero-order valence-electron chi connectivity index (χ0n) is 14.7. The number of nitrogens with one attached hydrogen (secondary N) is 1.